The van der Waals surface area contributed by atoms with Crippen molar-refractivity contribution in [3.05, 3.63) is 83.7 Å². The number of benzene rings is 2. The lowest BCUT2D eigenvalue weighted by Crippen LogP contribution is -2.55. The van der Waals surface area contributed by atoms with Gasteiger partial charge in [0.05, 0.1) is 18.9 Å². The highest BCUT2D eigenvalue weighted by Crippen LogP contribution is 2.46. The lowest BCUT2D eigenvalue weighted by molar-refractivity contribution is -0.132. The van der Waals surface area contributed by atoms with Gasteiger partial charge in [-0.25, -0.2) is 9.59 Å². The van der Waals surface area contributed by atoms with Crippen molar-refractivity contribution in [3.63, 3.8) is 0 Å². The van der Waals surface area contributed by atoms with E-state index in [9.17, 15) is 14.4 Å². The maximum absolute atomic E-state index is 13.3. The Morgan fingerprint density at radius 2 is 1.71 bits per heavy atom. The molecule has 2 fully saturated rings. The second-order valence-electron chi connectivity index (χ2n) is 12.1. The van der Waals surface area contributed by atoms with Crippen LogP contribution in [0.25, 0.3) is 17.2 Å². The lowest BCUT2D eigenvalue weighted by Gasteiger charge is -2.41. The molecule has 2 amide bonds. The highest BCUT2D eigenvalue weighted by atomic mass is 16.6. The van der Waals surface area contributed by atoms with Gasteiger partial charge in [-0.2, -0.15) is 5.10 Å². The molecule has 1 aromatic heterocycles. The van der Waals surface area contributed by atoms with Crippen LogP contribution in [0.4, 0.5) is 4.79 Å². The highest BCUT2D eigenvalue weighted by molar-refractivity contribution is 5.93. The molecular formula is C33H38N4O5. The van der Waals surface area contributed by atoms with Crippen molar-refractivity contribution in [2.45, 2.75) is 44.8 Å². The minimum atomic E-state index is -0.591. The largest absolute Gasteiger partial charge is 0.465 e. The number of carbonyl (C=O) groups is 3. The van der Waals surface area contributed by atoms with Crippen LogP contribution in [0.3, 0.4) is 0 Å². The van der Waals surface area contributed by atoms with Crippen molar-refractivity contribution >= 4 is 24.0 Å². The van der Waals surface area contributed by atoms with E-state index in [1.165, 1.54) is 12.7 Å². The molecule has 1 saturated carbocycles. The van der Waals surface area contributed by atoms with Crippen LogP contribution >= 0.6 is 0 Å². The predicted octanol–water partition coefficient (Wildman–Crippen LogP) is 5.14. The minimum Gasteiger partial charge on any atom is -0.465 e. The maximum atomic E-state index is 13.3. The van der Waals surface area contributed by atoms with E-state index in [0.717, 1.165) is 23.1 Å². The van der Waals surface area contributed by atoms with Crippen molar-refractivity contribution in [1.29, 1.82) is 0 Å². The summed E-state index contributed by atoms with van der Waals surface area (Å²) in [6.07, 6.45) is 7.70. The standard InChI is InChI=1S/C33H38N4O5/c1-33(2,3)42-32(40)37(29-16-28(29)25-13-11-24(12-14-25)27-17-34-35(4)21-27)20-23-18-36(19-23)30(38)15-8-22-6-9-26(10-7-22)31(39)41-5/h6-15,17,21,23,28-29H,16,18-20H2,1-5H3/b15-8+. The minimum absolute atomic E-state index is 0.0710. The second-order valence-corrected chi connectivity index (χ2v) is 12.1. The van der Waals surface area contributed by atoms with Crippen molar-refractivity contribution in [1.82, 2.24) is 19.6 Å². The van der Waals surface area contributed by atoms with Gasteiger partial charge in [-0.1, -0.05) is 36.4 Å². The number of aryl methyl sites for hydroxylation is 1. The second kappa shape index (κ2) is 11.8. The summed E-state index contributed by atoms with van der Waals surface area (Å²) in [6, 6.07) is 15.4. The van der Waals surface area contributed by atoms with Crippen molar-refractivity contribution < 1.29 is 23.9 Å². The van der Waals surface area contributed by atoms with Gasteiger partial charge in [0.2, 0.25) is 5.91 Å². The number of likely N-dealkylation sites (tertiary alicyclic amines) is 1. The van der Waals surface area contributed by atoms with Gasteiger partial charge in [-0.15, -0.1) is 0 Å². The summed E-state index contributed by atoms with van der Waals surface area (Å²) in [7, 11) is 3.24. The molecule has 1 aliphatic carbocycles. The van der Waals surface area contributed by atoms with E-state index >= 15 is 0 Å². The number of ether oxygens (including phenoxy) is 2. The van der Waals surface area contributed by atoms with E-state index in [4.69, 9.17) is 9.47 Å². The first-order valence-corrected chi connectivity index (χ1v) is 14.2. The number of nitrogens with zero attached hydrogens (tertiary/aromatic N) is 4. The quantitative estimate of drug-likeness (QED) is 0.275. The molecule has 0 radical (unpaired) electrons. The molecule has 220 valence electrons. The Hall–Kier alpha value is -4.40. The lowest BCUT2D eigenvalue weighted by atomic mass is 9.98. The zero-order valence-electron chi connectivity index (χ0n) is 24.8. The van der Waals surface area contributed by atoms with Crippen LogP contribution in [0.5, 0.6) is 0 Å². The first-order valence-electron chi connectivity index (χ1n) is 14.2. The fourth-order valence-corrected chi connectivity index (χ4v) is 5.31. The van der Waals surface area contributed by atoms with Crippen LogP contribution in [0.15, 0.2) is 67.0 Å². The highest BCUT2D eigenvalue weighted by Gasteiger charge is 2.47. The molecule has 0 N–H and O–H groups in total. The Bertz CT molecular complexity index is 1460. The average Bonchev–Trinajstić information content (AvgIpc) is 3.60. The molecule has 9 heteroatoms. The number of esters is 1. The van der Waals surface area contributed by atoms with Crippen LogP contribution in [0.1, 0.15) is 54.6 Å². The van der Waals surface area contributed by atoms with E-state index in [1.807, 2.05) is 45.1 Å². The molecule has 1 saturated heterocycles. The molecule has 2 heterocycles. The van der Waals surface area contributed by atoms with Crippen LogP contribution in [0, 0.1) is 5.92 Å². The SMILES string of the molecule is COC(=O)c1ccc(/C=C/C(=O)N2CC(CN(C(=O)OC(C)(C)C)C3CC3c3ccc(-c4cnn(C)c4)cc3)C2)cc1. The van der Waals surface area contributed by atoms with Gasteiger partial charge in [-0.3, -0.25) is 9.48 Å². The Morgan fingerprint density at radius 3 is 2.31 bits per heavy atom. The van der Waals surface area contributed by atoms with Crippen LogP contribution in [-0.2, 0) is 21.3 Å². The number of rotatable bonds is 8. The maximum Gasteiger partial charge on any atom is 0.410 e. The van der Waals surface area contributed by atoms with Gasteiger partial charge in [0.25, 0.3) is 0 Å². The number of aromatic nitrogens is 2. The van der Waals surface area contributed by atoms with E-state index in [1.54, 1.807) is 46.0 Å². The summed E-state index contributed by atoms with van der Waals surface area (Å²) in [6.45, 7) is 7.35. The van der Waals surface area contributed by atoms with E-state index in [2.05, 4.69) is 29.4 Å². The topological polar surface area (TPSA) is 94.0 Å². The zero-order chi connectivity index (χ0) is 30.0. The molecule has 2 unspecified atom stereocenters. The van der Waals surface area contributed by atoms with E-state index in [-0.39, 0.29) is 29.9 Å². The number of hydrogen-bond acceptors (Lipinski definition) is 6. The fourth-order valence-electron chi connectivity index (χ4n) is 5.31. The summed E-state index contributed by atoms with van der Waals surface area (Å²) < 4.78 is 12.3. The summed E-state index contributed by atoms with van der Waals surface area (Å²) >= 11 is 0. The van der Waals surface area contributed by atoms with E-state index in [0.29, 0.717) is 25.2 Å². The number of methoxy groups -OCH3 is 1. The van der Waals surface area contributed by atoms with Gasteiger partial charge in [0.1, 0.15) is 5.60 Å². The number of carbonyl (C=O) groups excluding carboxylic acids is 3. The first kappa shape index (κ1) is 29.1. The van der Waals surface area contributed by atoms with Crippen molar-refractivity contribution in [3.8, 4) is 11.1 Å². The smallest absolute Gasteiger partial charge is 0.410 e. The van der Waals surface area contributed by atoms with Gasteiger partial charge in [0.15, 0.2) is 0 Å². The van der Waals surface area contributed by atoms with Gasteiger partial charge in [-0.05, 0) is 62.1 Å². The normalized spacial score (nSPS) is 18.5. The third kappa shape index (κ3) is 6.90. The molecule has 42 heavy (non-hydrogen) atoms. The Balaban J connectivity index is 1.18. The molecule has 1 aliphatic heterocycles. The van der Waals surface area contributed by atoms with Crippen molar-refractivity contribution in [2.75, 3.05) is 26.7 Å². The van der Waals surface area contributed by atoms with Crippen molar-refractivity contribution in [2.24, 2.45) is 13.0 Å². The predicted molar refractivity (Wildman–Crippen MR) is 160 cm³/mol. The van der Waals surface area contributed by atoms with Crippen LogP contribution in [-0.4, -0.2) is 75.9 Å². The van der Waals surface area contributed by atoms with Crippen LogP contribution < -0.4 is 0 Å². The van der Waals surface area contributed by atoms with Crippen LogP contribution in [0.2, 0.25) is 0 Å². The average molecular weight is 571 g/mol. The summed E-state index contributed by atoms with van der Waals surface area (Å²) in [5.41, 5.74) is 4.07. The molecule has 2 aromatic carbocycles. The number of amides is 2. The molecule has 2 aliphatic rings. The molecule has 3 aromatic rings. The summed E-state index contributed by atoms with van der Waals surface area (Å²) in [5.74, 6) is -0.0368. The molecule has 2 atom stereocenters. The van der Waals surface area contributed by atoms with Gasteiger partial charge >= 0.3 is 12.1 Å². The monoisotopic (exact) mass is 570 g/mol. The number of hydrogen-bond donors (Lipinski definition) is 0. The summed E-state index contributed by atoms with van der Waals surface area (Å²) in [5, 5.41) is 4.26. The summed E-state index contributed by atoms with van der Waals surface area (Å²) in [4.78, 5) is 41.3. The molecule has 0 spiro atoms. The van der Waals surface area contributed by atoms with Gasteiger partial charge < -0.3 is 19.3 Å². The third-order valence-electron chi connectivity index (χ3n) is 7.64. The molecule has 0 bridgehead atoms. The Morgan fingerprint density at radius 1 is 1.02 bits per heavy atom. The third-order valence-corrected chi connectivity index (χ3v) is 7.64. The Labute approximate surface area is 246 Å². The fraction of sp³-hybridized carbons (Fsp3) is 0.394. The Kier molecular flexibility index (Phi) is 8.20. The van der Waals surface area contributed by atoms with E-state index < -0.39 is 11.6 Å². The molecular weight excluding hydrogens is 532 g/mol. The zero-order valence-corrected chi connectivity index (χ0v) is 24.8. The molecule has 9 nitrogen and oxygen atoms in total. The van der Waals surface area contributed by atoms with Gasteiger partial charge in [0, 0.05) is 62.4 Å². The molecule has 5 rings (SSSR count). The first-order chi connectivity index (χ1) is 20.0.